The van der Waals surface area contributed by atoms with Gasteiger partial charge in [0.05, 0.1) is 0 Å². The summed E-state index contributed by atoms with van der Waals surface area (Å²) in [6.45, 7) is 2.17. The maximum atomic E-state index is 2.27. The van der Waals surface area contributed by atoms with Crippen molar-refractivity contribution in [3.63, 3.8) is 0 Å². The summed E-state index contributed by atoms with van der Waals surface area (Å²) >= 11 is 3.82. The first kappa shape index (κ1) is 12.1. The van der Waals surface area contributed by atoms with E-state index in [1.807, 2.05) is 22.7 Å². The summed E-state index contributed by atoms with van der Waals surface area (Å²) in [6, 6.07) is 19.9. The summed E-state index contributed by atoms with van der Waals surface area (Å²) in [5.41, 5.74) is 1.45. The molecule has 0 aliphatic carbocycles. The summed E-state index contributed by atoms with van der Waals surface area (Å²) in [4.78, 5) is 2.84. The first-order valence-corrected chi connectivity index (χ1v) is 8.39. The highest BCUT2D eigenvalue weighted by atomic mass is 32.1. The second-order valence-electron chi connectivity index (χ2n) is 5.08. The second-order valence-corrected chi connectivity index (χ2v) is 7.51. The molecule has 0 aliphatic heterocycles. The van der Waals surface area contributed by atoms with Crippen LogP contribution in [0.2, 0.25) is 0 Å². The molecule has 2 heterocycles. The third-order valence-corrected chi connectivity index (χ3v) is 5.91. The first-order valence-electron chi connectivity index (χ1n) is 6.76. The van der Waals surface area contributed by atoms with Crippen LogP contribution in [0.15, 0.2) is 54.6 Å². The van der Waals surface area contributed by atoms with Crippen molar-refractivity contribution in [1.29, 1.82) is 0 Å². The SMILES string of the molecule is Cc1ccc(Cc2cccc3c2sc2ccccc23)s1. The Hall–Kier alpha value is -1.64. The molecule has 20 heavy (non-hydrogen) atoms. The van der Waals surface area contributed by atoms with E-state index in [2.05, 4.69) is 61.5 Å². The van der Waals surface area contributed by atoms with Crippen molar-refractivity contribution in [3.8, 4) is 0 Å². The quantitative estimate of drug-likeness (QED) is 0.424. The molecule has 4 aromatic rings. The molecule has 0 radical (unpaired) electrons. The van der Waals surface area contributed by atoms with E-state index < -0.39 is 0 Å². The molecule has 2 heteroatoms. The summed E-state index contributed by atoms with van der Waals surface area (Å²) in [5.74, 6) is 0. The molecule has 0 aliphatic rings. The largest absolute Gasteiger partial charge is 0.145 e. The van der Waals surface area contributed by atoms with E-state index >= 15 is 0 Å². The smallest absolute Gasteiger partial charge is 0.0391 e. The number of rotatable bonds is 2. The van der Waals surface area contributed by atoms with Crippen molar-refractivity contribution in [2.45, 2.75) is 13.3 Å². The van der Waals surface area contributed by atoms with E-state index in [-0.39, 0.29) is 0 Å². The fourth-order valence-corrected chi connectivity index (χ4v) is 4.84. The number of aryl methyl sites for hydroxylation is 1. The lowest BCUT2D eigenvalue weighted by Gasteiger charge is -2.01. The summed E-state index contributed by atoms with van der Waals surface area (Å²) in [7, 11) is 0. The lowest BCUT2D eigenvalue weighted by Crippen LogP contribution is -1.84. The van der Waals surface area contributed by atoms with E-state index in [1.165, 1.54) is 35.5 Å². The number of benzene rings is 2. The minimum absolute atomic E-state index is 1.04. The minimum Gasteiger partial charge on any atom is -0.145 e. The average Bonchev–Trinajstić information content (AvgIpc) is 3.03. The lowest BCUT2D eigenvalue weighted by atomic mass is 10.1. The van der Waals surface area contributed by atoms with Gasteiger partial charge in [0.2, 0.25) is 0 Å². The Balaban J connectivity index is 1.91. The van der Waals surface area contributed by atoms with Gasteiger partial charge in [-0.2, -0.15) is 0 Å². The average molecular weight is 294 g/mol. The standard InChI is InChI=1S/C18H14S2/c1-12-9-10-14(19-12)11-13-5-4-7-16-15-6-2-3-8-17(15)20-18(13)16/h2-10H,11H2,1H3. The minimum atomic E-state index is 1.04. The zero-order valence-corrected chi connectivity index (χ0v) is 12.9. The molecule has 0 amide bonds. The summed E-state index contributed by atoms with van der Waals surface area (Å²) in [5, 5.41) is 2.79. The molecule has 0 saturated carbocycles. The number of thiophene rings is 2. The van der Waals surface area contributed by atoms with Crippen LogP contribution in [-0.2, 0) is 6.42 Å². The molecule has 0 fully saturated rings. The van der Waals surface area contributed by atoms with Crippen LogP contribution in [0.5, 0.6) is 0 Å². The van der Waals surface area contributed by atoms with Gasteiger partial charge in [-0.3, -0.25) is 0 Å². The Morgan fingerprint density at radius 2 is 1.65 bits per heavy atom. The van der Waals surface area contributed by atoms with Crippen LogP contribution in [-0.4, -0.2) is 0 Å². The lowest BCUT2D eigenvalue weighted by molar-refractivity contribution is 1.28. The molecule has 0 spiro atoms. The van der Waals surface area contributed by atoms with Gasteiger partial charge < -0.3 is 0 Å². The second kappa shape index (κ2) is 4.72. The topological polar surface area (TPSA) is 0 Å². The molecule has 0 bridgehead atoms. The van der Waals surface area contributed by atoms with Crippen molar-refractivity contribution >= 4 is 42.8 Å². The Kier molecular flexibility index (Phi) is 2.86. The molecule has 0 saturated heterocycles. The Labute approximate surface area is 126 Å². The number of fused-ring (bicyclic) bond motifs is 3. The van der Waals surface area contributed by atoms with Crippen molar-refractivity contribution < 1.29 is 0 Å². The van der Waals surface area contributed by atoms with Crippen LogP contribution < -0.4 is 0 Å². The number of hydrogen-bond acceptors (Lipinski definition) is 2. The van der Waals surface area contributed by atoms with Gasteiger partial charge in [-0.15, -0.1) is 22.7 Å². The van der Waals surface area contributed by atoms with Crippen molar-refractivity contribution in [3.05, 3.63) is 69.9 Å². The first-order chi connectivity index (χ1) is 9.81. The maximum Gasteiger partial charge on any atom is 0.0391 e. The van der Waals surface area contributed by atoms with Crippen molar-refractivity contribution in [2.75, 3.05) is 0 Å². The maximum absolute atomic E-state index is 2.27. The Morgan fingerprint density at radius 3 is 2.50 bits per heavy atom. The van der Waals surface area contributed by atoms with Crippen LogP contribution in [0.3, 0.4) is 0 Å². The molecule has 0 nitrogen and oxygen atoms in total. The molecule has 0 N–H and O–H groups in total. The summed E-state index contributed by atoms with van der Waals surface area (Å²) < 4.78 is 2.83. The Bertz CT molecular complexity index is 896. The van der Waals surface area contributed by atoms with E-state index in [0.29, 0.717) is 0 Å². The van der Waals surface area contributed by atoms with Crippen LogP contribution in [0, 0.1) is 6.92 Å². The molecule has 2 aromatic carbocycles. The number of hydrogen-bond donors (Lipinski definition) is 0. The van der Waals surface area contributed by atoms with E-state index in [1.54, 1.807) is 0 Å². The highest BCUT2D eigenvalue weighted by Gasteiger charge is 2.09. The van der Waals surface area contributed by atoms with E-state index in [9.17, 15) is 0 Å². The highest BCUT2D eigenvalue weighted by Crippen LogP contribution is 2.36. The molecular weight excluding hydrogens is 280 g/mol. The van der Waals surface area contributed by atoms with Gasteiger partial charge in [-0.05, 0) is 30.7 Å². The van der Waals surface area contributed by atoms with Gasteiger partial charge in [0.15, 0.2) is 0 Å². The third-order valence-electron chi connectivity index (χ3n) is 3.65. The van der Waals surface area contributed by atoms with Gasteiger partial charge in [0.25, 0.3) is 0 Å². The molecule has 4 rings (SSSR count). The predicted molar refractivity (Wildman–Crippen MR) is 91.2 cm³/mol. The summed E-state index contributed by atoms with van der Waals surface area (Å²) in [6.07, 6.45) is 1.04. The third kappa shape index (κ3) is 1.96. The van der Waals surface area contributed by atoms with E-state index in [4.69, 9.17) is 0 Å². The zero-order chi connectivity index (χ0) is 13.5. The van der Waals surface area contributed by atoms with Crippen molar-refractivity contribution in [1.82, 2.24) is 0 Å². The molecule has 0 unspecified atom stereocenters. The molecular formula is C18H14S2. The van der Waals surface area contributed by atoms with E-state index in [0.717, 1.165) is 6.42 Å². The normalized spacial score (nSPS) is 11.4. The predicted octanol–water partition coefficient (Wildman–Crippen LogP) is 6.02. The van der Waals surface area contributed by atoms with Crippen LogP contribution in [0.25, 0.3) is 20.2 Å². The van der Waals surface area contributed by atoms with Crippen molar-refractivity contribution in [2.24, 2.45) is 0 Å². The zero-order valence-electron chi connectivity index (χ0n) is 11.2. The van der Waals surface area contributed by atoms with Crippen LogP contribution in [0.1, 0.15) is 15.3 Å². The van der Waals surface area contributed by atoms with Gasteiger partial charge >= 0.3 is 0 Å². The van der Waals surface area contributed by atoms with Crippen LogP contribution >= 0.6 is 22.7 Å². The fourth-order valence-electron chi connectivity index (χ4n) is 2.71. The van der Waals surface area contributed by atoms with Gasteiger partial charge in [-0.1, -0.05) is 36.4 Å². The van der Waals surface area contributed by atoms with Gasteiger partial charge in [-0.25, -0.2) is 0 Å². The molecule has 2 aromatic heterocycles. The highest BCUT2D eigenvalue weighted by molar-refractivity contribution is 7.26. The van der Waals surface area contributed by atoms with Gasteiger partial charge in [0.1, 0.15) is 0 Å². The fraction of sp³-hybridized carbons (Fsp3) is 0.111. The molecule has 98 valence electrons. The monoisotopic (exact) mass is 294 g/mol. The van der Waals surface area contributed by atoms with Gasteiger partial charge in [0, 0.05) is 36.3 Å². The van der Waals surface area contributed by atoms with Crippen LogP contribution in [0.4, 0.5) is 0 Å². The molecule has 0 atom stereocenters. The Morgan fingerprint density at radius 1 is 0.800 bits per heavy atom.